The standard InChI is InChI=1S/C15H13N5O/c1-8-9(2)20-14(21)11-13(19-15(20)16-8)18-12(17-11)10-6-4-3-5-7-10/h3-7H,1-2H3,(H,16,19)(H,17,18). The molecule has 4 aromatic rings. The van der Waals surface area contributed by atoms with Crippen molar-refractivity contribution >= 4 is 16.9 Å². The largest absolute Gasteiger partial charge is 0.332 e. The van der Waals surface area contributed by atoms with Crippen molar-refractivity contribution in [3.63, 3.8) is 0 Å². The zero-order valence-corrected chi connectivity index (χ0v) is 11.6. The number of imidazole rings is 2. The molecule has 0 aliphatic heterocycles. The molecule has 0 amide bonds. The van der Waals surface area contributed by atoms with Crippen LogP contribution in [-0.4, -0.2) is 24.3 Å². The fourth-order valence-corrected chi connectivity index (χ4v) is 2.51. The third-order valence-corrected chi connectivity index (χ3v) is 3.75. The normalized spacial score (nSPS) is 11.5. The van der Waals surface area contributed by atoms with E-state index in [1.165, 1.54) is 0 Å². The van der Waals surface area contributed by atoms with Gasteiger partial charge < -0.3 is 9.97 Å². The van der Waals surface area contributed by atoms with Gasteiger partial charge in [0.05, 0.1) is 0 Å². The first-order chi connectivity index (χ1) is 10.1. The fraction of sp³-hybridized carbons (Fsp3) is 0.133. The average Bonchev–Trinajstić information content (AvgIpc) is 3.03. The first-order valence-corrected chi connectivity index (χ1v) is 6.68. The van der Waals surface area contributed by atoms with E-state index in [1.54, 1.807) is 4.40 Å². The number of aromatic nitrogens is 5. The lowest BCUT2D eigenvalue weighted by molar-refractivity contribution is 1.03. The predicted octanol–water partition coefficient (Wildman–Crippen LogP) is 2.18. The second kappa shape index (κ2) is 4.05. The fourth-order valence-electron chi connectivity index (χ4n) is 2.51. The van der Waals surface area contributed by atoms with Crippen molar-refractivity contribution in [3.05, 3.63) is 52.1 Å². The van der Waals surface area contributed by atoms with Crippen LogP contribution in [0.15, 0.2) is 35.1 Å². The monoisotopic (exact) mass is 279 g/mol. The Hall–Kier alpha value is -2.89. The summed E-state index contributed by atoms with van der Waals surface area (Å²) in [4.78, 5) is 27.7. The summed E-state index contributed by atoms with van der Waals surface area (Å²) >= 11 is 0. The van der Waals surface area contributed by atoms with Crippen LogP contribution in [0.3, 0.4) is 0 Å². The predicted molar refractivity (Wildman–Crippen MR) is 80.4 cm³/mol. The number of hydrogen-bond acceptors (Lipinski definition) is 3. The molecule has 21 heavy (non-hydrogen) atoms. The lowest BCUT2D eigenvalue weighted by atomic mass is 10.2. The van der Waals surface area contributed by atoms with E-state index in [9.17, 15) is 4.79 Å². The Morgan fingerprint density at radius 2 is 1.81 bits per heavy atom. The van der Waals surface area contributed by atoms with Gasteiger partial charge in [-0.3, -0.25) is 4.79 Å². The van der Waals surface area contributed by atoms with Gasteiger partial charge in [0.2, 0.25) is 5.78 Å². The molecule has 2 N–H and O–H groups in total. The molecule has 0 bridgehead atoms. The Balaban J connectivity index is 2.07. The number of aryl methyl sites for hydroxylation is 2. The highest BCUT2D eigenvalue weighted by Gasteiger charge is 2.15. The zero-order valence-electron chi connectivity index (χ0n) is 11.6. The van der Waals surface area contributed by atoms with Crippen LogP contribution in [0.25, 0.3) is 28.3 Å². The maximum absolute atomic E-state index is 12.6. The van der Waals surface area contributed by atoms with Crippen LogP contribution < -0.4 is 5.56 Å². The first-order valence-electron chi connectivity index (χ1n) is 6.68. The van der Waals surface area contributed by atoms with E-state index >= 15 is 0 Å². The molecular weight excluding hydrogens is 266 g/mol. The Morgan fingerprint density at radius 1 is 1.05 bits per heavy atom. The number of aromatic amines is 2. The Kier molecular flexibility index (Phi) is 2.29. The van der Waals surface area contributed by atoms with Gasteiger partial charge in [-0.15, -0.1) is 0 Å². The first kappa shape index (κ1) is 11.9. The minimum atomic E-state index is -0.133. The molecule has 0 aliphatic rings. The van der Waals surface area contributed by atoms with Crippen molar-refractivity contribution in [2.24, 2.45) is 0 Å². The van der Waals surface area contributed by atoms with Gasteiger partial charge in [-0.1, -0.05) is 30.3 Å². The van der Waals surface area contributed by atoms with Crippen molar-refractivity contribution in [1.29, 1.82) is 0 Å². The maximum atomic E-state index is 12.6. The van der Waals surface area contributed by atoms with Gasteiger partial charge in [0, 0.05) is 17.0 Å². The molecule has 3 aromatic heterocycles. The van der Waals surface area contributed by atoms with Gasteiger partial charge in [-0.25, -0.2) is 9.38 Å². The molecule has 1 aromatic carbocycles. The summed E-state index contributed by atoms with van der Waals surface area (Å²) in [6, 6.07) is 9.68. The number of fused-ring (bicyclic) bond motifs is 2. The molecule has 3 heterocycles. The smallest absolute Gasteiger partial charge is 0.285 e. The van der Waals surface area contributed by atoms with Crippen LogP contribution in [0.1, 0.15) is 11.4 Å². The van der Waals surface area contributed by atoms with Crippen LogP contribution in [0.4, 0.5) is 0 Å². The van der Waals surface area contributed by atoms with Crippen LogP contribution >= 0.6 is 0 Å². The highest BCUT2D eigenvalue weighted by atomic mass is 16.1. The molecule has 0 atom stereocenters. The summed E-state index contributed by atoms with van der Waals surface area (Å²) in [6.45, 7) is 3.81. The molecule has 0 saturated heterocycles. The third-order valence-electron chi connectivity index (χ3n) is 3.75. The van der Waals surface area contributed by atoms with E-state index in [2.05, 4.69) is 19.9 Å². The van der Waals surface area contributed by atoms with E-state index in [1.807, 2.05) is 44.2 Å². The van der Waals surface area contributed by atoms with Crippen molar-refractivity contribution < 1.29 is 0 Å². The molecule has 4 rings (SSSR count). The summed E-state index contributed by atoms with van der Waals surface area (Å²) in [5.41, 5.74) is 3.44. The van der Waals surface area contributed by atoms with E-state index in [0.717, 1.165) is 17.0 Å². The van der Waals surface area contributed by atoms with Gasteiger partial charge in [0.1, 0.15) is 5.82 Å². The van der Waals surface area contributed by atoms with Crippen LogP contribution in [0.2, 0.25) is 0 Å². The zero-order chi connectivity index (χ0) is 14.6. The number of nitrogens with one attached hydrogen (secondary N) is 2. The van der Waals surface area contributed by atoms with Gasteiger partial charge in [0.15, 0.2) is 11.2 Å². The number of nitrogens with zero attached hydrogens (tertiary/aromatic N) is 3. The summed E-state index contributed by atoms with van der Waals surface area (Å²) in [5.74, 6) is 1.17. The number of hydrogen-bond donors (Lipinski definition) is 2. The summed E-state index contributed by atoms with van der Waals surface area (Å²) in [6.07, 6.45) is 0. The number of benzene rings is 1. The highest BCUT2D eigenvalue weighted by Crippen LogP contribution is 2.18. The lowest BCUT2D eigenvalue weighted by Crippen LogP contribution is -2.15. The molecule has 0 fully saturated rings. The van der Waals surface area contributed by atoms with Crippen molar-refractivity contribution in [2.75, 3.05) is 0 Å². The van der Waals surface area contributed by atoms with E-state index in [4.69, 9.17) is 0 Å². The molecule has 6 nitrogen and oxygen atoms in total. The number of H-pyrrole nitrogens is 2. The van der Waals surface area contributed by atoms with E-state index in [-0.39, 0.29) is 5.56 Å². The van der Waals surface area contributed by atoms with Gasteiger partial charge in [-0.2, -0.15) is 4.98 Å². The summed E-state index contributed by atoms with van der Waals surface area (Å²) < 4.78 is 1.57. The van der Waals surface area contributed by atoms with E-state index in [0.29, 0.717) is 22.8 Å². The molecule has 6 heteroatoms. The second-order valence-electron chi connectivity index (χ2n) is 5.06. The van der Waals surface area contributed by atoms with Crippen molar-refractivity contribution in [1.82, 2.24) is 24.3 Å². The number of rotatable bonds is 1. The summed E-state index contributed by atoms with van der Waals surface area (Å²) in [7, 11) is 0. The maximum Gasteiger partial charge on any atom is 0.285 e. The van der Waals surface area contributed by atoms with Crippen molar-refractivity contribution in [3.8, 4) is 11.4 Å². The van der Waals surface area contributed by atoms with Gasteiger partial charge >= 0.3 is 0 Å². The highest BCUT2D eigenvalue weighted by molar-refractivity contribution is 5.76. The minimum Gasteiger partial charge on any atom is -0.332 e. The SMILES string of the molecule is Cc1[nH]c2nc3nc(-c4ccccc4)[nH]c3c(=O)n2c1C. The Bertz CT molecular complexity index is 1020. The quantitative estimate of drug-likeness (QED) is 0.560. The van der Waals surface area contributed by atoms with Gasteiger partial charge in [0.25, 0.3) is 5.56 Å². The van der Waals surface area contributed by atoms with Crippen LogP contribution in [-0.2, 0) is 0 Å². The molecule has 0 unspecified atom stereocenters. The molecule has 104 valence electrons. The molecule has 0 saturated carbocycles. The van der Waals surface area contributed by atoms with Crippen molar-refractivity contribution in [2.45, 2.75) is 13.8 Å². The molecule has 0 radical (unpaired) electrons. The molecule has 0 aliphatic carbocycles. The molecule has 0 spiro atoms. The Morgan fingerprint density at radius 3 is 2.57 bits per heavy atom. The van der Waals surface area contributed by atoms with Gasteiger partial charge in [-0.05, 0) is 13.8 Å². The van der Waals surface area contributed by atoms with E-state index < -0.39 is 0 Å². The Labute approximate surface area is 119 Å². The second-order valence-corrected chi connectivity index (χ2v) is 5.06. The van der Waals surface area contributed by atoms with Crippen LogP contribution in [0.5, 0.6) is 0 Å². The summed E-state index contributed by atoms with van der Waals surface area (Å²) in [5, 5.41) is 0. The lowest BCUT2D eigenvalue weighted by Gasteiger charge is -1.94. The van der Waals surface area contributed by atoms with Crippen LogP contribution in [0, 0.1) is 13.8 Å². The molecular formula is C15H13N5O. The topological polar surface area (TPSA) is 78.8 Å². The third kappa shape index (κ3) is 1.62. The minimum absolute atomic E-state index is 0.133. The average molecular weight is 279 g/mol.